The van der Waals surface area contributed by atoms with Gasteiger partial charge in [-0.25, -0.2) is 15.0 Å². The molecule has 2 aliphatic heterocycles. The summed E-state index contributed by atoms with van der Waals surface area (Å²) in [5, 5.41) is 9.59. The highest BCUT2D eigenvalue weighted by atomic mass is 16.8. The average molecular weight is 321 g/mol. The molecule has 4 atom stereocenters. The van der Waals surface area contributed by atoms with E-state index < -0.39 is 18.1 Å². The lowest BCUT2D eigenvalue weighted by Crippen LogP contribution is -2.31. The minimum atomic E-state index is -0.733. The van der Waals surface area contributed by atoms with Gasteiger partial charge >= 0.3 is 0 Å². The molecule has 2 saturated heterocycles. The number of ether oxygens (including phenoxy) is 3. The Labute approximate surface area is 132 Å². The fourth-order valence-electron chi connectivity index (χ4n) is 3.35. The van der Waals surface area contributed by atoms with Gasteiger partial charge in [0.2, 0.25) is 0 Å². The number of aromatic nitrogens is 4. The number of anilines is 1. The Balaban J connectivity index is 1.82. The largest absolute Gasteiger partial charge is 0.394 e. The molecule has 2 aromatic rings. The molecule has 3 N–H and O–H groups in total. The second-order valence-corrected chi connectivity index (χ2v) is 6.27. The number of aliphatic hydroxyl groups is 1. The van der Waals surface area contributed by atoms with E-state index in [4.69, 9.17) is 19.9 Å². The van der Waals surface area contributed by atoms with Crippen LogP contribution in [-0.2, 0) is 14.2 Å². The number of nitrogen functional groups attached to an aromatic ring is 1. The Morgan fingerprint density at radius 3 is 2.78 bits per heavy atom. The van der Waals surface area contributed by atoms with Crippen LogP contribution in [-0.4, -0.2) is 55.3 Å². The zero-order valence-corrected chi connectivity index (χ0v) is 13.1. The first-order valence-corrected chi connectivity index (χ1v) is 7.48. The molecule has 0 unspecified atom stereocenters. The topological polar surface area (TPSA) is 118 Å². The Kier molecular flexibility index (Phi) is 3.11. The minimum absolute atomic E-state index is 0.153. The molecule has 23 heavy (non-hydrogen) atoms. The first kappa shape index (κ1) is 14.8. The van der Waals surface area contributed by atoms with Crippen LogP contribution in [0.2, 0.25) is 0 Å². The molecule has 0 bridgehead atoms. The summed E-state index contributed by atoms with van der Waals surface area (Å²) < 4.78 is 19.7. The molecule has 9 nitrogen and oxygen atoms in total. The highest BCUT2D eigenvalue weighted by molar-refractivity contribution is 5.81. The van der Waals surface area contributed by atoms with Gasteiger partial charge in [0.05, 0.1) is 6.61 Å². The minimum Gasteiger partial charge on any atom is -0.394 e. The SMILES string of the molecule is Cc1nc2c(N)ncnc2n1[C@@H]1O[C@H](CO)[C@H]2OC(C)(C)O[C@H]21. The average Bonchev–Trinajstić information content (AvgIpc) is 3.08. The summed E-state index contributed by atoms with van der Waals surface area (Å²) in [6.45, 7) is 5.37. The lowest BCUT2D eigenvalue weighted by Gasteiger charge is -2.24. The molecule has 2 fully saturated rings. The normalized spacial score (nSPS) is 32.5. The van der Waals surface area contributed by atoms with Gasteiger partial charge in [0, 0.05) is 0 Å². The summed E-state index contributed by atoms with van der Waals surface area (Å²) in [6, 6.07) is 0. The van der Waals surface area contributed by atoms with Gasteiger partial charge in [-0.05, 0) is 20.8 Å². The van der Waals surface area contributed by atoms with Gasteiger partial charge in [0.25, 0.3) is 0 Å². The second kappa shape index (κ2) is 4.84. The number of nitrogens with zero attached hydrogens (tertiary/aromatic N) is 4. The number of rotatable bonds is 2. The lowest BCUT2D eigenvalue weighted by molar-refractivity contribution is -0.199. The molecular formula is C14H19N5O4. The van der Waals surface area contributed by atoms with E-state index in [0.29, 0.717) is 22.8 Å². The summed E-state index contributed by atoms with van der Waals surface area (Å²) in [5.41, 5.74) is 6.98. The standard InChI is InChI=1S/C14H19N5O4/c1-6-18-8-11(15)16-5-17-12(8)19(6)13-10-9(7(4-20)21-13)22-14(2,3)23-10/h5,7,9-10,13,20H,4H2,1-3H3,(H2,15,16,17)/t7-,9-,10-,13-/m1/s1. The van der Waals surface area contributed by atoms with E-state index in [-0.39, 0.29) is 18.8 Å². The molecular weight excluding hydrogens is 302 g/mol. The fraction of sp³-hybridized carbons (Fsp3) is 0.643. The molecule has 0 amide bonds. The van der Waals surface area contributed by atoms with Crippen LogP contribution in [0.5, 0.6) is 0 Å². The van der Waals surface area contributed by atoms with Crippen molar-refractivity contribution in [1.82, 2.24) is 19.5 Å². The molecule has 0 radical (unpaired) electrons. The molecule has 4 rings (SSSR count). The van der Waals surface area contributed by atoms with Crippen LogP contribution in [0, 0.1) is 6.92 Å². The quantitative estimate of drug-likeness (QED) is 0.801. The molecule has 0 spiro atoms. The van der Waals surface area contributed by atoms with Gasteiger partial charge in [-0.15, -0.1) is 0 Å². The van der Waals surface area contributed by atoms with Crippen molar-refractivity contribution in [3.63, 3.8) is 0 Å². The Morgan fingerprint density at radius 2 is 2.04 bits per heavy atom. The number of hydrogen-bond acceptors (Lipinski definition) is 8. The van der Waals surface area contributed by atoms with E-state index in [1.807, 2.05) is 25.3 Å². The van der Waals surface area contributed by atoms with Crippen molar-refractivity contribution in [2.75, 3.05) is 12.3 Å². The number of nitrogens with two attached hydrogens (primary N) is 1. The predicted molar refractivity (Wildman–Crippen MR) is 79.3 cm³/mol. The maximum absolute atomic E-state index is 9.59. The summed E-state index contributed by atoms with van der Waals surface area (Å²) in [6.07, 6.45) is -0.298. The highest BCUT2D eigenvalue weighted by Gasteiger charge is 2.56. The van der Waals surface area contributed by atoms with Crippen molar-refractivity contribution < 1.29 is 19.3 Å². The summed E-state index contributed by atoms with van der Waals surface area (Å²) in [5.74, 6) is 0.264. The van der Waals surface area contributed by atoms with Crippen LogP contribution < -0.4 is 5.73 Å². The maximum Gasteiger partial charge on any atom is 0.167 e. The van der Waals surface area contributed by atoms with Gasteiger partial charge in [0.1, 0.15) is 30.5 Å². The summed E-state index contributed by atoms with van der Waals surface area (Å²) in [7, 11) is 0. The van der Waals surface area contributed by atoms with Crippen molar-refractivity contribution in [3.05, 3.63) is 12.2 Å². The van der Waals surface area contributed by atoms with Crippen LogP contribution in [0.25, 0.3) is 11.2 Å². The van der Waals surface area contributed by atoms with E-state index in [0.717, 1.165) is 0 Å². The van der Waals surface area contributed by atoms with Gasteiger partial charge in [-0.1, -0.05) is 0 Å². The third kappa shape index (κ3) is 2.12. The van der Waals surface area contributed by atoms with Gasteiger partial charge in [-0.2, -0.15) is 0 Å². The molecule has 124 valence electrons. The third-order valence-electron chi connectivity index (χ3n) is 4.24. The van der Waals surface area contributed by atoms with Crippen LogP contribution >= 0.6 is 0 Å². The number of aliphatic hydroxyl groups excluding tert-OH is 1. The third-order valence-corrected chi connectivity index (χ3v) is 4.24. The lowest BCUT2D eigenvalue weighted by atomic mass is 10.1. The number of hydrogen-bond donors (Lipinski definition) is 2. The second-order valence-electron chi connectivity index (χ2n) is 6.27. The van der Waals surface area contributed by atoms with E-state index in [1.54, 1.807) is 0 Å². The number of fused-ring (bicyclic) bond motifs is 2. The molecule has 2 aliphatic rings. The van der Waals surface area contributed by atoms with Crippen molar-refractivity contribution in [3.8, 4) is 0 Å². The Bertz CT molecular complexity index is 761. The number of aryl methyl sites for hydroxylation is 1. The molecule has 4 heterocycles. The van der Waals surface area contributed by atoms with E-state index >= 15 is 0 Å². The van der Waals surface area contributed by atoms with Gasteiger partial charge in [-0.3, -0.25) is 4.57 Å². The smallest absolute Gasteiger partial charge is 0.167 e. The maximum atomic E-state index is 9.59. The van der Waals surface area contributed by atoms with E-state index in [9.17, 15) is 5.11 Å². The summed E-state index contributed by atoms with van der Waals surface area (Å²) >= 11 is 0. The first-order chi connectivity index (χ1) is 10.9. The van der Waals surface area contributed by atoms with Gasteiger partial charge in [0.15, 0.2) is 29.0 Å². The fourth-order valence-corrected chi connectivity index (χ4v) is 3.35. The molecule has 0 aromatic carbocycles. The molecule has 0 saturated carbocycles. The number of imidazole rings is 1. The van der Waals surface area contributed by atoms with Gasteiger partial charge < -0.3 is 25.1 Å². The summed E-state index contributed by atoms with van der Waals surface area (Å²) in [4.78, 5) is 12.7. The van der Waals surface area contributed by atoms with E-state index in [1.165, 1.54) is 6.33 Å². The van der Waals surface area contributed by atoms with Crippen LogP contribution in [0.15, 0.2) is 6.33 Å². The molecule has 2 aromatic heterocycles. The first-order valence-electron chi connectivity index (χ1n) is 7.48. The Morgan fingerprint density at radius 1 is 1.30 bits per heavy atom. The van der Waals surface area contributed by atoms with Crippen LogP contribution in [0.4, 0.5) is 5.82 Å². The zero-order valence-electron chi connectivity index (χ0n) is 13.1. The predicted octanol–water partition coefficient (Wildman–Crippen LogP) is 0.127. The Hall–Kier alpha value is -1.81. The zero-order chi connectivity index (χ0) is 16.4. The van der Waals surface area contributed by atoms with Crippen molar-refractivity contribution in [2.45, 2.75) is 51.1 Å². The van der Waals surface area contributed by atoms with Crippen molar-refractivity contribution in [1.29, 1.82) is 0 Å². The molecule has 0 aliphatic carbocycles. The molecule has 9 heteroatoms. The van der Waals surface area contributed by atoms with Crippen molar-refractivity contribution in [2.24, 2.45) is 0 Å². The monoisotopic (exact) mass is 321 g/mol. The van der Waals surface area contributed by atoms with Crippen LogP contribution in [0.3, 0.4) is 0 Å². The van der Waals surface area contributed by atoms with E-state index in [2.05, 4.69) is 15.0 Å². The highest BCUT2D eigenvalue weighted by Crippen LogP contribution is 2.44. The van der Waals surface area contributed by atoms with Crippen LogP contribution in [0.1, 0.15) is 25.9 Å². The van der Waals surface area contributed by atoms with Crippen molar-refractivity contribution >= 4 is 17.0 Å².